The van der Waals surface area contributed by atoms with Gasteiger partial charge in [-0.2, -0.15) is 0 Å². The van der Waals surface area contributed by atoms with Gasteiger partial charge in [-0.1, -0.05) is 24.4 Å². The predicted octanol–water partition coefficient (Wildman–Crippen LogP) is 2.24. The molecule has 88 valence electrons. The lowest BCUT2D eigenvalue weighted by atomic mass is 10.1. The summed E-state index contributed by atoms with van der Waals surface area (Å²) in [6.45, 7) is -0.912. The molecule has 0 radical (unpaired) electrons. The number of nitrogens with two attached hydrogens (primary N) is 1. The van der Waals surface area contributed by atoms with E-state index in [0.29, 0.717) is 5.56 Å². The Bertz CT molecular complexity index is 384. The number of alkyl halides is 2. The largest absolute Gasteiger partial charge is 0.389 e. The predicted molar refractivity (Wildman–Crippen MR) is 57.9 cm³/mol. The van der Waals surface area contributed by atoms with Gasteiger partial charge >= 0.3 is 0 Å². The number of benzene rings is 1. The van der Waals surface area contributed by atoms with Crippen molar-refractivity contribution in [3.05, 3.63) is 35.1 Å². The first-order valence-electron chi connectivity index (χ1n) is 4.45. The standard InChI is InChI=1S/C10H10F3NOS/c11-8-3-6(10(14)16)1-2-7(8)4-15-5-9(12)13/h1-3,9H,4-5H2,(H2,14,16). The van der Waals surface area contributed by atoms with Gasteiger partial charge in [0, 0.05) is 11.1 Å². The first-order chi connectivity index (χ1) is 7.50. The van der Waals surface area contributed by atoms with Crippen molar-refractivity contribution in [2.75, 3.05) is 6.61 Å². The highest BCUT2D eigenvalue weighted by molar-refractivity contribution is 7.80. The topological polar surface area (TPSA) is 35.2 Å². The Morgan fingerprint density at radius 1 is 1.44 bits per heavy atom. The van der Waals surface area contributed by atoms with Crippen LogP contribution in [0, 0.1) is 5.82 Å². The lowest BCUT2D eigenvalue weighted by Crippen LogP contribution is -2.10. The second-order valence-electron chi connectivity index (χ2n) is 3.08. The number of hydrogen-bond acceptors (Lipinski definition) is 2. The van der Waals surface area contributed by atoms with E-state index in [2.05, 4.69) is 17.0 Å². The van der Waals surface area contributed by atoms with E-state index < -0.39 is 18.8 Å². The van der Waals surface area contributed by atoms with Gasteiger partial charge in [-0.05, 0) is 6.07 Å². The van der Waals surface area contributed by atoms with Crippen molar-refractivity contribution in [1.29, 1.82) is 0 Å². The zero-order valence-electron chi connectivity index (χ0n) is 8.25. The Morgan fingerprint density at radius 2 is 2.12 bits per heavy atom. The minimum atomic E-state index is -2.56. The van der Waals surface area contributed by atoms with Gasteiger partial charge in [-0.25, -0.2) is 13.2 Å². The Kier molecular flexibility index (Phi) is 4.70. The lowest BCUT2D eigenvalue weighted by Gasteiger charge is -2.06. The van der Waals surface area contributed by atoms with Gasteiger partial charge in [0.25, 0.3) is 6.43 Å². The molecule has 0 saturated carbocycles. The van der Waals surface area contributed by atoms with Gasteiger partial charge in [0.2, 0.25) is 0 Å². The number of ether oxygens (including phenoxy) is 1. The molecule has 1 rings (SSSR count). The highest BCUT2D eigenvalue weighted by Gasteiger charge is 2.07. The molecule has 0 heterocycles. The van der Waals surface area contributed by atoms with E-state index in [0.717, 1.165) is 6.07 Å². The fourth-order valence-corrected chi connectivity index (χ4v) is 1.20. The third kappa shape index (κ3) is 3.79. The molecule has 0 spiro atoms. The summed E-state index contributed by atoms with van der Waals surface area (Å²) < 4.78 is 41.5. The van der Waals surface area contributed by atoms with Crippen LogP contribution in [0.5, 0.6) is 0 Å². The van der Waals surface area contributed by atoms with Crippen molar-refractivity contribution < 1.29 is 17.9 Å². The van der Waals surface area contributed by atoms with Crippen LogP contribution in [0.1, 0.15) is 11.1 Å². The Balaban J connectivity index is 2.64. The van der Waals surface area contributed by atoms with Gasteiger partial charge in [-0.15, -0.1) is 0 Å². The molecule has 0 fully saturated rings. The molecule has 1 aromatic rings. The number of thiocarbonyl (C=S) groups is 1. The maximum Gasteiger partial charge on any atom is 0.261 e. The molecule has 0 aromatic heterocycles. The molecule has 6 heteroatoms. The van der Waals surface area contributed by atoms with E-state index in [1.54, 1.807) is 0 Å². The molecule has 0 aliphatic rings. The SMILES string of the molecule is NC(=S)c1ccc(COCC(F)F)c(F)c1. The number of halogens is 3. The van der Waals surface area contributed by atoms with E-state index in [4.69, 9.17) is 5.73 Å². The average Bonchev–Trinajstić information content (AvgIpc) is 2.19. The Hall–Kier alpha value is -1.14. The van der Waals surface area contributed by atoms with Crippen molar-refractivity contribution in [3.63, 3.8) is 0 Å². The Labute approximate surface area is 96.2 Å². The maximum absolute atomic E-state index is 13.4. The van der Waals surface area contributed by atoms with Gasteiger partial charge in [0.1, 0.15) is 17.4 Å². The molecule has 16 heavy (non-hydrogen) atoms. The second-order valence-corrected chi connectivity index (χ2v) is 3.52. The molecule has 0 bridgehead atoms. The quantitative estimate of drug-likeness (QED) is 0.813. The molecule has 1 aromatic carbocycles. The van der Waals surface area contributed by atoms with E-state index in [1.165, 1.54) is 12.1 Å². The lowest BCUT2D eigenvalue weighted by molar-refractivity contribution is 0.00902. The van der Waals surface area contributed by atoms with Crippen molar-refractivity contribution in [2.45, 2.75) is 13.0 Å². The van der Waals surface area contributed by atoms with Gasteiger partial charge in [0.05, 0.1) is 6.61 Å². The fourth-order valence-electron chi connectivity index (χ4n) is 1.08. The van der Waals surface area contributed by atoms with Crippen molar-refractivity contribution in [1.82, 2.24) is 0 Å². The first-order valence-corrected chi connectivity index (χ1v) is 4.85. The van der Waals surface area contributed by atoms with Crippen LogP contribution in [0.4, 0.5) is 13.2 Å². The summed E-state index contributed by atoms with van der Waals surface area (Å²) in [5.74, 6) is -0.570. The van der Waals surface area contributed by atoms with E-state index >= 15 is 0 Å². The summed E-state index contributed by atoms with van der Waals surface area (Å²) in [6.07, 6.45) is -2.56. The van der Waals surface area contributed by atoms with E-state index in [-0.39, 0.29) is 17.2 Å². The number of rotatable bonds is 5. The van der Waals surface area contributed by atoms with Crippen molar-refractivity contribution in [3.8, 4) is 0 Å². The average molecular weight is 249 g/mol. The van der Waals surface area contributed by atoms with Crippen LogP contribution in [0.15, 0.2) is 18.2 Å². The minimum absolute atomic E-state index is 0.0824. The third-order valence-corrected chi connectivity index (χ3v) is 2.07. The van der Waals surface area contributed by atoms with E-state index in [1.807, 2.05) is 0 Å². The smallest absolute Gasteiger partial charge is 0.261 e. The van der Waals surface area contributed by atoms with Crippen LogP contribution in [0.3, 0.4) is 0 Å². The molecule has 0 aliphatic carbocycles. The van der Waals surface area contributed by atoms with Crippen LogP contribution < -0.4 is 5.73 Å². The summed E-state index contributed by atoms with van der Waals surface area (Å²) in [6, 6.07) is 4.09. The minimum Gasteiger partial charge on any atom is -0.389 e. The van der Waals surface area contributed by atoms with Gasteiger partial charge in [0.15, 0.2) is 0 Å². The molecule has 0 atom stereocenters. The summed E-state index contributed by atoms with van der Waals surface area (Å²) >= 11 is 4.67. The number of hydrogen-bond donors (Lipinski definition) is 1. The highest BCUT2D eigenvalue weighted by atomic mass is 32.1. The molecule has 0 saturated heterocycles. The molecule has 0 amide bonds. The van der Waals surface area contributed by atoms with E-state index in [9.17, 15) is 13.2 Å². The van der Waals surface area contributed by atoms with Crippen LogP contribution >= 0.6 is 12.2 Å². The van der Waals surface area contributed by atoms with Crippen LogP contribution in [0.25, 0.3) is 0 Å². The monoisotopic (exact) mass is 249 g/mol. The molecule has 2 N–H and O–H groups in total. The summed E-state index contributed by atoms with van der Waals surface area (Å²) in [5, 5.41) is 0. The summed E-state index contributed by atoms with van der Waals surface area (Å²) in [5.41, 5.74) is 5.90. The second kappa shape index (κ2) is 5.81. The Morgan fingerprint density at radius 3 is 2.62 bits per heavy atom. The molecule has 2 nitrogen and oxygen atoms in total. The van der Waals surface area contributed by atoms with Gasteiger partial charge in [-0.3, -0.25) is 0 Å². The van der Waals surface area contributed by atoms with Crippen LogP contribution in [0.2, 0.25) is 0 Å². The van der Waals surface area contributed by atoms with Crippen molar-refractivity contribution in [2.24, 2.45) is 5.73 Å². The van der Waals surface area contributed by atoms with Crippen LogP contribution in [-0.4, -0.2) is 18.0 Å². The zero-order valence-corrected chi connectivity index (χ0v) is 9.07. The third-order valence-electron chi connectivity index (χ3n) is 1.84. The van der Waals surface area contributed by atoms with Crippen molar-refractivity contribution >= 4 is 17.2 Å². The normalized spacial score (nSPS) is 10.8. The summed E-state index contributed by atoms with van der Waals surface area (Å²) in [7, 11) is 0. The molecule has 0 unspecified atom stereocenters. The highest BCUT2D eigenvalue weighted by Crippen LogP contribution is 2.12. The zero-order chi connectivity index (χ0) is 12.1. The van der Waals surface area contributed by atoms with Crippen LogP contribution in [-0.2, 0) is 11.3 Å². The fraction of sp³-hybridized carbons (Fsp3) is 0.300. The van der Waals surface area contributed by atoms with Gasteiger partial charge < -0.3 is 10.5 Å². The molecule has 0 aliphatic heterocycles. The molecular formula is C10H10F3NOS. The molecular weight excluding hydrogens is 239 g/mol. The maximum atomic E-state index is 13.4. The first kappa shape index (κ1) is 12.9. The summed E-state index contributed by atoms with van der Waals surface area (Å²) in [4.78, 5) is 0.0824.